The van der Waals surface area contributed by atoms with Crippen molar-refractivity contribution in [1.29, 1.82) is 0 Å². The third kappa shape index (κ3) is 5.51. The van der Waals surface area contributed by atoms with E-state index in [1.807, 2.05) is 0 Å². The first kappa shape index (κ1) is 16.6. The Morgan fingerprint density at radius 2 is 1.87 bits per heavy atom. The average Bonchev–Trinajstić information content (AvgIpc) is 2.58. The summed E-state index contributed by atoms with van der Waals surface area (Å²) >= 11 is 0. The minimum atomic E-state index is -1.10. The Bertz CT molecular complexity index is 626. The molecule has 0 aliphatic rings. The Labute approximate surface area is 133 Å². The zero-order chi connectivity index (χ0) is 16.5. The van der Waals surface area contributed by atoms with Gasteiger partial charge in [-0.1, -0.05) is 18.2 Å². The van der Waals surface area contributed by atoms with Gasteiger partial charge < -0.3 is 21.1 Å². The maximum absolute atomic E-state index is 13.5. The summed E-state index contributed by atoms with van der Waals surface area (Å²) in [5.41, 5.74) is 0.149. The number of aromatic nitrogens is 2. The highest BCUT2D eigenvalue weighted by Gasteiger charge is 2.12. The summed E-state index contributed by atoms with van der Waals surface area (Å²) in [6.45, 7) is 0.717. The van der Waals surface area contributed by atoms with E-state index in [-0.39, 0.29) is 12.1 Å². The molecule has 2 rings (SSSR count). The minimum Gasteiger partial charge on any atom is -0.386 e. The van der Waals surface area contributed by atoms with Crippen LogP contribution >= 0.6 is 0 Å². The summed E-state index contributed by atoms with van der Waals surface area (Å²) in [7, 11) is 0. The number of rotatable bonds is 7. The zero-order valence-corrected chi connectivity index (χ0v) is 12.4. The molecule has 4 N–H and O–H groups in total. The van der Waals surface area contributed by atoms with Gasteiger partial charge in [0.1, 0.15) is 5.82 Å². The van der Waals surface area contributed by atoms with Crippen LogP contribution in [-0.2, 0) is 0 Å². The SMILES string of the molecule is O=C(NCCNc1ncccn1)NC[C@@H](O)c1ccccc1F. The monoisotopic (exact) mass is 319 g/mol. The molecule has 0 spiro atoms. The van der Waals surface area contributed by atoms with Gasteiger partial charge in [-0.2, -0.15) is 0 Å². The maximum atomic E-state index is 13.5. The van der Waals surface area contributed by atoms with E-state index in [9.17, 15) is 14.3 Å². The number of hydrogen-bond acceptors (Lipinski definition) is 5. The number of nitrogens with zero attached hydrogens (tertiary/aromatic N) is 2. The van der Waals surface area contributed by atoms with Crippen LogP contribution in [0.15, 0.2) is 42.7 Å². The van der Waals surface area contributed by atoms with Gasteiger partial charge in [0.05, 0.1) is 6.10 Å². The van der Waals surface area contributed by atoms with Crippen LogP contribution in [0.3, 0.4) is 0 Å². The van der Waals surface area contributed by atoms with Crippen LogP contribution in [0.5, 0.6) is 0 Å². The van der Waals surface area contributed by atoms with Gasteiger partial charge in [0.25, 0.3) is 0 Å². The highest BCUT2D eigenvalue weighted by atomic mass is 19.1. The summed E-state index contributed by atoms with van der Waals surface area (Å²) in [5, 5.41) is 17.9. The second-order valence-corrected chi connectivity index (χ2v) is 4.67. The molecule has 0 unspecified atom stereocenters. The second-order valence-electron chi connectivity index (χ2n) is 4.67. The lowest BCUT2D eigenvalue weighted by Gasteiger charge is -2.13. The van der Waals surface area contributed by atoms with E-state index in [0.717, 1.165) is 0 Å². The number of aliphatic hydroxyl groups excluding tert-OH is 1. The van der Waals surface area contributed by atoms with Gasteiger partial charge in [0, 0.05) is 37.6 Å². The molecule has 1 aromatic carbocycles. The van der Waals surface area contributed by atoms with Gasteiger partial charge >= 0.3 is 6.03 Å². The Morgan fingerprint density at radius 3 is 2.61 bits per heavy atom. The molecular weight excluding hydrogens is 301 g/mol. The van der Waals surface area contributed by atoms with E-state index in [1.54, 1.807) is 24.5 Å². The number of aliphatic hydroxyl groups is 1. The lowest BCUT2D eigenvalue weighted by molar-refractivity contribution is 0.169. The number of urea groups is 1. The number of carbonyl (C=O) groups excluding carboxylic acids is 1. The molecule has 1 atom stereocenters. The lowest BCUT2D eigenvalue weighted by Crippen LogP contribution is -2.40. The molecule has 0 fully saturated rings. The maximum Gasteiger partial charge on any atom is 0.314 e. The molecular formula is C15H18FN5O2. The summed E-state index contributed by atoms with van der Waals surface area (Å²) in [4.78, 5) is 19.5. The smallest absolute Gasteiger partial charge is 0.314 e. The number of halogens is 1. The molecule has 0 bridgehead atoms. The van der Waals surface area contributed by atoms with E-state index in [4.69, 9.17) is 0 Å². The topological polar surface area (TPSA) is 99.2 Å². The van der Waals surface area contributed by atoms with Crippen molar-refractivity contribution in [2.24, 2.45) is 0 Å². The molecule has 2 aromatic rings. The third-order valence-electron chi connectivity index (χ3n) is 2.98. The fourth-order valence-electron chi connectivity index (χ4n) is 1.85. The highest BCUT2D eigenvalue weighted by molar-refractivity contribution is 5.73. The first-order valence-electron chi connectivity index (χ1n) is 7.12. The Kier molecular flexibility index (Phi) is 6.25. The minimum absolute atomic E-state index is 0.0814. The number of benzene rings is 1. The molecule has 0 aliphatic heterocycles. The van der Waals surface area contributed by atoms with Gasteiger partial charge in [-0.15, -0.1) is 0 Å². The summed E-state index contributed by atoms with van der Waals surface area (Å²) in [6, 6.07) is 7.15. The van der Waals surface area contributed by atoms with Gasteiger partial charge in [-0.25, -0.2) is 19.2 Å². The molecule has 0 saturated carbocycles. The van der Waals surface area contributed by atoms with Crippen LogP contribution in [0.2, 0.25) is 0 Å². The lowest BCUT2D eigenvalue weighted by atomic mass is 10.1. The van der Waals surface area contributed by atoms with E-state index in [1.165, 1.54) is 18.2 Å². The molecule has 1 heterocycles. The predicted molar refractivity (Wildman–Crippen MR) is 83.3 cm³/mol. The van der Waals surface area contributed by atoms with Crippen LogP contribution < -0.4 is 16.0 Å². The largest absolute Gasteiger partial charge is 0.386 e. The van der Waals surface area contributed by atoms with Crippen molar-refractivity contribution < 1.29 is 14.3 Å². The molecule has 0 aliphatic carbocycles. The fraction of sp³-hybridized carbons (Fsp3) is 0.267. The van der Waals surface area contributed by atoms with Gasteiger partial charge in [0.2, 0.25) is 5.95 Å². The second kappa shape index (κ2) is 8.64. The van der Waals surface area contributed by atoms with Crippen molar-refractivity contribution in [3.63, 3.8) is 0 Å². The van der Waals surface area contributed by atoms with Crippen LogP contribution in [0.25, 0.3) is 0 Å². The van der Waals surface area contributed by atoms with E-state index in [0.29, 0.717) is 19.0 Å². The first-order valence-corrected chi connectivity index (χ1v) is 7.12. The van der Waals surface area contributed by atoms with Crippen LogP contribution in [0.1, 0.15) is 11.7 Å². The molecule has 122 valence electrons. The Balaban J connectivity index is 1.64. The molecule has 2 amide bonds. The number of nitrogens with one attached hydrogen (secondary N) is 3. The van der Waals surface area contributed by atoms with Crippen LogP contribution in [-0.4, -0.2) is 40.7 Å². The van der Waals surface area contributed by atoms with Crippen LogP contribution in [0, 0.1) is 5.82 Å². The Hall–Kier alpha value is -2.74. The normalized spacial score (nSPS) is 11.6. The first-order chi connectivity index (χ1) is 11.2. The van der Waals surface area contributed by atoms with Crippen molar-refractivity contribution >= 4 is 12.0 Å². The quantitative estimate of drug-likeness (QED) is 0.572. The van der Waals surface area contributed by atoms with Crippen molar-refractivity contribution in [1.82, 2.24) is 20.6 Å². The standard InChI is InChI=1S/C15H18FN5O2/c16-12-5-2-1-4-11(12)13(22)10-21-15(23)20-9-8-19-14-17-6-3-7-18-14/h1-7,13,22H,8-10H2,(H,17,18,19)(H2,20,21,23)/t13-/m1/s1. The molecule has 8 heteroatoms. The molecule has 7 nitrogen and oxygen atoms in total. The number of hydrogen-bond donors (Lipinski definition) is 4. The summed E-state index contributed by atoms with van der Waals surface area (Å²) < 4.78 is 13.5. The molecule has 1 aromatic heterocycles. The molecule has 0 saturated heterocycles. The van der Waals surface area contributed by atoms with Crippen LogP contribution in [0.4, 0.5) is 15.1 Å². The third-order valence-corrected chi connectivity index (χ3v) is 2.98. The fourth-order valence-corrected chi connectivity index (χ4v) is 1.85. The van der Waals surface area contributed by atoms with Crippen molar-refractivity contribution in [2.45, 2.75) is 6.10 Å². The van der Waals surface area contributed by atoms with Crippen molar-refractivity contribution in [2.75, 3.05) is 25.0 Å². The van der Waals surface area contributed by atoms with Gasteiger partial charge in [-0.05, 0) is 12.1 Å². The molecule has 0 radical (unpaired) electrons. The summed E-state index contributed by atoms with van der Waals surface area (Å²) in [5.74, 6) is -0.0287. The molecule has 23 heavy (non-hydrogen) atoms. The van der Waals surface area contributed by atoms with E-state index < -0.39 is 18.0 Å². The number of anilines is 1. The summed E-state index contributed by atoms with van der Waals surface area (Å²) in [6.07, 6.45) is 2.12. The predicted octanol–water partition coefficient (Wildman–Crippen LogP) is 1.06. The average molecular weight is 319 g/mol. The zero-order valence-electron chi connectivity index (χ0n) is 12.4. The van der Waals surface area contributed by atoms with E-state index >= 15 is 0 Å². The van der Waals surface area contributed by atoms with Crippen molar-refractivity contribution in [3.05, 3.63) is 54.1 Å². The number of amides is 2. The van der Waals surface area contributed by atoms with E-state index in [2.05, 4.69) is 25.9 Å². The van der Waals surface area contributed by atoms with Crippen molar-refractivity contribution in [3.8, 4) is 0 Å². The van der Waals surface area contributed by atoms with Gasteiger partial charge in [0.15, 0.2) is 0 Å². The van der Waals surface area contributed by atoms with Gasteiger partial charge in [-0.3, -0.25) is 0 Å². The number of carbonyl (C=O) groups is 1. The Morgan fingerprint density at radius 1 is 1.13 bits per heavy atom. The highest BCUT2D eigenvalue weighted by Crippen LogP contribution is 2.15.